The number of aromatic hydroxyl groups is 1. The van der Waals surface area contributed by atoms with Crippen molar-refractivity contribution in [3.63, 3.8) is 0 Å². The first-order chi connectivity index (χ1) is 21.4. The average molecular weight is 587 g/mol. The Kier molecular flexibility index (Phi) is 8.32. The normalized spacial score (nSPS) is 16.4. The van der Waals surface area contributed by atoms with Crippen molar-refractivity contribution in [2.45, 2.75) is 45.1 Å². The van der Waals surface area contributed by atoms with E-state index in [9.17, 15) is 15.5 Å². The van der Waals surface area contributed by atoms with Gasteiger partial charge in [0.25, 0.3) is 0 Å². The van der Waals surface area contributed by atoms with Gasteiger partial charge in [0.2, 0.25) is 0 Å². The highest BCUT2D eigenvalue weighted by Crippen LogP contribution is 2.47. The van der Waals surface area contributed by atoms with Gasteiger partial charge < -0.3 is 24.6 Å². The molecule has 224 valence electrons. The molecule has 44 heavy (non-hydrogen) atoms. The number of hydrogen-bond donors (Lipinski definition) is 2. The maximum Gasteiger partial charge on any atom is 0.161 e. The fourth-order valence-corrected chi connectivity index (χ4v) is 7.01. The molecule has 2 atom stereocenters. The van der Waals surface area contributed by atoms with Crippen LogP contribution in [0.25, 0.3) is 17.2 Å². The van der Waals surface area contributed by atoms with E-state index in [0.29, 0.717) is 19.6 Å². The van der Waals surface area contributed by atoms with E-state index in [1.54, 1.807) is 6.07 Å². The lowest BCUT2D eigenvalue weighted by atomic mass is 9.76. The first-order valence-electron chi connectivity index (χ1n) is 15.3. The van der Waals surface area contributed by atoms with Crippen LogP contribution in [-0.2, 0) is 6.42 Å². The molecule has 0 bridgehead atoms. The van der Waals surface area contributed by atoms with Crippen LogP contribution < -0.4 is 14.4 Å². The Morgan fingerprint density at radius 3 is 2.59 bits per heavy atom. The van der Waals surface area contributed by atoms with Gasteiger partial charge in [-0.1, -0.05) is 55.1 Å². The molecule has 6 nitrogen and oxygen atoms in total. The molecule has 2 aliphatic heterocycles. The van der Waals surface area contributed by atoms with Crippen LogP contribution in [0.5, 0.6) is 17.2 Å². The molecule has 0 radical (unpaired) electrons. The fraction of sp³-hybridized carbons (Fsp3) is 0.289. The van der Waals surface area contributed by atoms with E-state index >= 15 is 0 Å². The smallest absolute Gasteiger partial charge is 0.161 e. The van der Waals surface area contributed by atoms with Crippen molar-refractivity contribution in [3.05, 3.63) is 112 Å². The Morgan fingerprint density at radius 2 is 1.82 bits per heavy atom. The molecule has 6 heteroatoms. The summed E-state index contributed by atoms with van der Waals surface area (Å²) in [6, 6.07) is 24.4. The molecule has 4 aromatic rings. The van der Waals surface area contributed by atoms with Gasteiger partial charge >= 0.3 is 0 Å². The standard InChI is InChI=1S/C38H38N2O4/c1-4-27-10-12-31(28-11-15-34-35(22-28)44-20-19-43-34)24(2)36(27)38(29-8-5-7-26(21-29)16-17-39)37-25(3)32(13-14-33(37)42)40-18-6-9-30(40)23-41/h4-5,7-8,10-15,21-22,30,38,41-42H,1,6,9,16,18-20,23H2,2-3H3. The second-order valence-electron chi connectivity index (χ2n) is 11.6. The molecule has 0 spiro atoms. The van der Waals surface area contributed by atoms with Crippen molar-refractivity contribution in [2.24, 2.45) is 0 Å². The molecule has 2 aliphatic rings. The number of benzene rings is 4. The van der Waals surface area contributed by atoms with Crippen molar-refractivity contribution >= 4 is 11.8 Å². The first-order valence-corrected chi connectivity index (χ1v) is 15.3. The van der Waals surface area contributed by atoms with Crippen molar-refractivity contribution < 1.29 is 19.7 Å². The number of ether oxygens (including phenoxy) is 2. The van der Waals surface area contributed by atoms with Gasteiger partial charge in [0.15, 0.2) is 11.5 Å². The zero-order valence-electron chi connectivity index (χ0n) is 25.3. The lowest BCUT2D eigenvalue weighted by molar-refractivity contribution is 0.171. The summed E-state index contributed by atoms with van der Waals surface area (Å²) in [6.45, 7) is 10.4. The number of nitriles is 1. The monoisotopic (exact) mass is 586 g/mol. The number of fused-ring (bicyclic) bond motifs is 1. The molecule has 2 unspecified atom stereocenters. The number of phenolic OH excluding ortho intramolecular Hbond substituents is 1. The van der Waals surface area contributed by atoms with Crippen LogP contribution in [0.3, 0.4) is 0 Å². The summed E-state index contributed by atoms with van der Waals surface area (Å²) in [6.07, 6.45) is 4.11. The molecule has 0 saturated carbocycles. The van der Waals surface area contributed by atoms with Gasteiger partial charge in [0.1, 0.15) is 19.0 Å². The highest BCUT2D eigenvalue weighted by atomic mass is 16.6. The number of nitrogens with zero attached hydrogens (tertiary/aromatic N) is 2. The Hall–Kier alpha value is -4.73. The highest BCUT2D eigenvalue weighted by Gasteiger charge is 2.31. The predicted molar refractivity (Wildman–Crippen MR) is 175 cm³/mol. The van der Waals surface area contributed by atoms with E-state index in [4.69, 9.17) is 9.47 Å². The lowest BCUT2D eigenvalue weighted by Gasteiger charge is -2.32. The van der Waals surface area contributed by atoms with Gasteiger partial charge in [-0.15, -0.1) is 0 Å². The summed E-state index contributed by atoms with van der Waals surface area (Å²) < 4.78 is 11.7. The van der Waals surface area contributed by atoms with Gasteiger partial charge in [-0.25, -0.2) is 0 Å². The first kappa shape index (κ1) is 29.3. The minimum Gasteiger partial charge on any atom is -0.508 e. The van der Waals surface area contributed by atoms with Crippen LogP contribution in [0.15, 0.2) is 73.3 Å². The van der Waals surface area contributed by atoms with Crippen LogP contribution in [0, 0.1) is 25.2 Å². The summed E-state index contributed by atoms with van der Waals surface area (Å²) >= 11 is 0. The molecule has 6 rings (SSSR count). The molecule has 2 N–H and O–H groups in total. The van der Waals surface area contributed by atoms with Crippen LogP contribution in [0.4, 0.5) is 5.69 Å². The topological polar surface area (TPSA) is 86.0 Å². The molecule has 4 aromatic carbocycles. The Bertz CT molecular complexity index is 1750. The van der Waals surface area contributed by atoms with Crippen LogP contribution in [-0.4, -0.2) is 42.6 Å². The van der Waals surface area contributed by atoms with E-state index < -0.39 is 0 Å². The zero-order valence-corrected chi connectivity index (χ0v) is 25.3. The number of hydrogen-bond acceptors (Lipinski definition) is 6. The number of anilines is 1. The van der Waals surface area contributed by atoms with E-state index in [1.807, 2.05) is 36.4 Å². The summed E-state index contributed by atoms with van der Waals surface area (Å²) in [5.41, 5.74) is 9.85. The third-order valence-corrected chi connectivity index (χ3v) is 9.13. The van der Waals surface area contributed by atoms with Gasteiger partial charge in [-0.05, 0) is 95.5 Å². The molecular formula is C38H38N2O4. The summed E-state index contributed by atoms with van der Waals surface area (Å²) in [5.74, 6) is 1.33. The third kappa shape index (κ3) is 5.29. The van der Waals surface area contributed by atoms with Gasteiger partial charge in [-0.2, -0.15) is 5.26 Å². The molecular weight excluding hydrogens is 548 g/mol. The van der Waals surface area contributed by atoms with Crippen molar-refractivity contribution in [2.75, 3.05) is 31.3 Å². The van der Waals surface area contributed by atoms with Crippen molar-refractivity contribution in [1.29, 1.82) is 5.26 Å². The molecule has 2 heterocycles. The largest absolute Gasteiger partial charge is 0.508 e. The van der Waals surface area contributed by atoms with Crippen LogP contribution in [0.2, 0.25) is 0 Å². The van der Waals surface area contributed by atoms with E-state index in [0.717, 1.165) is 86.6 Å². The van der Waals surface area contributed by atoms with E-state index in [-0.39, 0.29) is 24.3 Å². The van der Waals surface area contributed by atoms with Crippen LogP contribution in [0.1, 0.15) is 57.7 Å². The number of rotatable bonds is 8. The second-order valence-corrected chi connectivity index (χ2v) is 11.6. The summed E-state index contributed by atoms with van der Waals surface area (Å²) in [4.78, 5) is 2.27. The molecule has 1 fully saturated rings. The minimum atomic E-state index is -0.353. The molecule has 0 aromatic heterocycles. The van der Waals surface area contributed by atoms with Crippen molar-refractivity contribution in [3.8, 4) is 34.4 Å². The Labute approximate surface area is 259 Å². The number of phenols is 1. The zero-order chi connectivity index (χ0) is 30.8. The number of aliphatic hydroxyl groups is 1. The fourth-order valence-electron chi connectivity index (χ4n) is 7.01. The summed E-state index contributed by atoms with van der Waals surface area (Å²) in [5, 5.41) is 31.3. The Balaban J connectivity index is 1.60. The van der Waals surface area contributed by atoms with Gasteiger partial charge in [0.05, 0.1) is 25.1 Å². The Morgan fingerprint density at radius 1 is 1.00 bits per heavy atom. The van der Waals surface area contributed by atoms with Gasteiger partial charge in [-0.3, -0.25) is 0 Å². The predicted octanol–water partition coefficient (Wildman–Crippen LogP) is 7.30. The van der Waals surface area contributed by atoms with Crippen LogP contribution >= 0.6 is 0 Å². The molecule has 0 aliphatic carbocycles. The minimum absolute atomic E-state index is 0.0486. The average Bonchev–Trinajstić information content (AvgIpc) is 3.52. The third-order valence-electron chi connectivity index (χ3n) is 9.13. The second kappa shape index (κ2) is 12.5. The quantitative estimate of drug-likeness (QED) is 0.211. The number of aliphatic hydroxyl groups excluding tert-OH is 1. The maximum absolute atomic E-state index is 11.6. The van der Waals surface area contributed by atoms with Crippen molar-refractivity contribution in [1.82, 2.24) is 0 Å². The lowest BCUT2D eigenvalue weighted by Crippen LogP contribution is -2.32. The van der Waals surface area contributed by atoms with E-state index in [1.165, 1.54) is 0 Å². The van der Waals surface area contributed by atoms with Gasteiger partial charge in [0, 0.05) is 23.7 Å². The molecule has 1 saturated heterocycles. The highest BCUT2D eigenvalue weighted by molar-refractivity contribution is 5.77. The summed E-state index contributed by atoms with van der Waals surface area (Å²) in [7, 11) is 0. The maximum atomic E-state index is 11.6. The molecule has 0 amide bonds. The SMILES string of the molecule is C=Cc1ccc(-c2ccc3c(c2)OCCO3)c(C)c1C(c1cccc(CC#N)c1)c1c(O)ccc(N2CCCC2CO)c1C. The van der Waals surface area contributed by atoms with E-state index in [2.05, 4.69) is 61.7 Å².